The fraction of sp³-hybridized carbons (Fsp3) is 0.750. The molecule has 0 bridgehead atoms. The van der Waals surface area contributed by atoms with Crippen LogP contribution in [0.2, 0.25) is 0 Å². The molecular formula is C8H11F3N2OS2. The number of thioether (sulfide) groups is 1. The summed E-state index contributed by atoms with van der Waals surface area (Å²) < 4.78 is 35.8. The second-order valence-electron chi connectivity index (χ2n) is 3.02. The molecule has 0 radical (unpaired) electrons. The number of aliphatic hydroxyl groups is 1. The van der Waals surface area contributed by atoms with Crippen molar-refractivity contribution in [2.75, 3.05) is 5.75 Å². The molecule has 1 aromatic rings. The number of aromatic nitrogens is 2. The van der Waals surface area contributed by atoms with Crippen LogP contribution >= 0.6 is 23.1 Å². The second-order valence-corrected chi connectivity index (χ2v) is 5.19. The molecule has 3 nitrogen and oxygen atoms in total. The van der Waals surface area contributed by atoms with Crippen molar-refractivity contribution < 1.29 is 18.3 Å². The van der Waals surface area contributed by atoms with Crippen molar-refractivity contribution in [3.05, 3.63) is 10.0 Å². The number of hydrogen-bond donors (Lipinski definition) is 1. The average Bonchev–Trinajstić information content (AvgIpc) is 2.64. The van der Waals surface area contributed by atoms with Gasteiger partial charge in [-0.25, -0.2) is 0 Å². The summed E-state index contributed by atoms with van der Waals surface area (Å²) in [5, 5.41) is 18.0. The first kappa shape index (κ1) is 13.7. The molecular weight excluding hydrogens is 261 g/mol. The van der Waals surface area contributed by atoms with Gasteiger partial charge in [0.2, 0.25) is 0 Å². The molecule has 16 heavy (non-hydrogen) atoms. The highest BCUT2D eigenvalue weighted by molar-refractivity contribution is 7.98. The lowest BCUT2D eigenvalue weighted by atomic mass is 10.4. The monoisotopic (exact) mass is 272 g/mol. The van der Waals surface area contributed by atoms with Gasteiger partial charge in [-0.3, -0.25) is 0 Å². The van der Waals surface area contributed by atoms with E-state index in [0.717, 1.165) is 23.2 Å². The van der Waals surface area contributed by atoms with Crippen molar-refractivity contribution in [1.29, 1.82) is 0 Å². The van der Waals surface area contributed by atoms with Gasteiger partial charge in [-0.05, 0) is 6.42 Å². The molecule has 1 N–H and O–H groups in total. The first-order chi connectivity index (χ1) is 7.43. The zero-order valence-electron chi connectivity index (χ0n) is 8.49. The van der Waals surface area contributed by atoms with E-state index in [1.54, 1.807) is 0 Å². The molecule has 1 aromatic heterocycles. The van der Waals surface area contributed by atoms with Crippen molar-refractivity contribution in [1.82, 2.24) is 10.2 Å². The third-order valence-electron chi connectivity index (χ3n) is 1.69. The van der Waals surface area contributed by atoms with Crippen molar-refractivity contribution >= 4 is 23.1 Å². The lowest BCUT2D eigenvalue weighted by molar-refractivity contribution is -0.195. The Morgan fingerprint density at radius 3 is 2.50 bits per heavy atom. The van der Waals surface area contributed by atoms with Crippen molar-refractivity contribution in [3.63, 3.8) is 0 Å². The lowest BCUT2D eigenvalue weighted by Gasteiger charge is -2.12. The Balaban J connectivity index is 2.30. The summed E-state index contributed by atoms with van der Waals surface area (Å²) in [5.74, 6) is -0.0185. The van der Waals surface area contributed by atoms with Crippen LogP contribution in [0, 0.1) is 0 Å². The summed E-state index contributed by atoms with van der Waals surface area (Å²) in [6.45, 7) is 1.94. The van der Waals surface area contributed by atoms with E-state index < -0.39 is 12.3 Å². The topological polar surface area (TPSA) is 46.0 Å². The molecule has 8 heteroatoms. The number of rotatable bonds is 5. The fourth-order valence-electron chi connectivity index (χ4n) is 0.842. The van der Waals surface area contributed by atoms with E-state index in [1.807, 2.05) is 6.92 Å². The smallest absolute Gasteiger partial charge is 0.383 e. The van der Waals surface area contributed by atoms with Crippen LogP contribution in [0.1, 0.15) is 16.9 Å². The third-order valence-corrected chi connectivity index (χ3v) is 3.97. The lowest BCUT2D eigenvalue weighted by Crippen LogP contribution is -2.30. The number of aliphatic hydroxyl groups excluding tert-OH is 1. The minimum absolute atomic E-state index is 0.352. The Bertz CT molecular complexity index is 329. The Labute approximate surface area is 99.1 Å². The summed E-state index contributed by atoms with van der Waals surface area (Å²) >= 11 is 2.39. The Morgan fingerprint density at radius 2 is 2.00 bits per heavy atom. The summed E-state index contributed by atoms with van der Waals surface area (Å²) in [7, 11) is 0. The minimum Gasteiger partial charge on any atom is -0.383 e. The number of hydrogen-bond acceptors (Lipinski definition) is 5. The van der Waals surface area contributed by atoms with Crippen LogP contribution in [-0.2, 0) is 12.2 Å². The van der Waals surface area contributed by atoms with Gasteiger partial charge in [0.05, 0.1) is 0 Å². The number of halogens is 3. The van der Waals surface area contributed by atoms with Crippen molar-refractivity contribution in [2.45, 2.75) is 31.4 Å². The molecule has 0 saturated heterocycles. The van der Waals surface area contributed by atoms with Gasteiger partial charge < -0.3 is 5.11 Å². The molecule has 1 rings (SSSR count). The minimum atomic E-state index is -4.54. The average molecular weight is 272 g/mol. The van der Waals surface area contributed by atoms with Crippen LogP contribution in [0.15, 0.2) is 0 Å². The number of alkyl halides is 3. The van der Waals surface area contributed by atoms with Gasteiger partial charge in [0.15, 0.2) is 6.10 Å². The van der Waals surface area contributed by atoms with Crippen LogP contribution < -0.4 is 0 Å². The first-order valence-electron chi connectivity index (χ1n) is 4.57. The molecule has 0 fully saturated rings. The van der Waals surface area contributed by atoms with Crippen LogP contribution in [-0.4, -0.2) is 33.3 Å². The maximum Gasteiger partial charge on any atom is 0.415 e. The molecule has 1 heterocycles. The Kier molecular flexibility index (Phi) is 5.00. The van der Waals surface area contributed by atoms with Gasteiger partial charge in [0.25, 0.3) is 0 Å². The fourth-order valence-corrected chi connectivity index (χ4v) is 2.67. The van der Waals surface area contributed by atoms with E-state index in [2.05, 4.69) is 10.2 Å². The second kappa shape index (κ2) is 5.83. The summed E-state index contributed by atoms with van der Waals surface area (Å²) in [6.07, 6.45) is -6.04. The first-order valence-corrected chi connectivity index (χ1v) is 6.54. The maximum atomic E-state index is 11.9. The van der Waals surface area contributed by atoms with E-state index in [1.165, 1.54) is 11.3 Å². The molecule has 0 saturated carbocycles. The van der Waals surface area contributed by atoms with Gasteiger partial charge in [-0.15, -0.1) is 21.5 Å². The molecule has 0 unspecified atom stereocenters. The van der Waals surface area contributed by atoms with Crippen LogP contribution in [0.5, 0.6) is 0 Å². The molecule has 92 valence electrons. The van der Waals surface area contributed by atoms with E-state index >= 15 is 0 Å². The quantitative estimate of drug-likeness (QED) is 0.893. The molecule has 0 spiro atoms. The van der Waals surface area contributed by atoms with Crippen molar-refractivity contribution in [2.24, 2.45) is 0 Å². The molecule has 0 aliphatic rings. The molecule has 0 aliphatic carbocycles. The molecule has 0 aromatic carbocycles. The highest BCUT2D eigenvalue weighted by Crippen LogP contribution is 2.25. The van der Waals surface area contributed by atoms with Gasteiger partial charge in [0.1, 0.15) is 10.0 Å². The summed E-state index contributed by atoms with van der Waals surface area (Å²) in [6, 6.07) is 0. The van der Waals surface area contributed by atoms with Crippen LogP contribution in [0.4, 0.5) is 13.2 Å². The largest absolute Gasteiger partial charge is 0.415 e. The molecule has 0 aliphatic heterocycles. The number of aryl methyl sites for hydroxylation is 1. The molecule has 1 atom stereocenters. The predicted octanol–water partition coefficient (Wildman–Crippen LogP) is 2.26. The van der Waals surface area contributed by atoms with E-state index in [0.29, 0.717) is 10.8 Å². The standard InChI is InChI=1S/C8H11F3N2OS2/c1-2-6-12-13-7(16-6)4-15-3-5(14)8(9,10)11/h5,14H,2-4H2,1H3/t5-/m1/s1. The highest BCUT2D eigenvalue weighted by atomic mass is 32.2. The van der Waals surface area contributed by atoms with Crippen molar-refractivity contribution in [3.8, 4) is 0 Å². The normalized spacial score (nSPS) is 14.1. The van der Waals surface area contributed by atoms with Gasteiger partial charge in [-0.1, -0.05) is 6.92 Å². The summed E-state index contributed by atoms with van der Waals surface area (Å²) in [5.41, 5.74) is 0. The summed E-state index contributed by atoms with van der Waals surface area (Å²) in [4.78, 5) is 0. The third kappa shape index (κ3) is 4.26. The van der Waals surface area contributed by atoms with E-state index in [4.69, 9.17) is 5.11 Å². The maximum absolute atomic E-state index is 11.9. The van der Waals surface area contributed by atoms with Crippen LogP contribution in [0.25, 0.3) is 0 Å². The van der Waals surface area contributed by atoms with Crippen LogP contribution in [0.3, 0.4) is 0 Å². The molecule has 0 amide bonds. The zero-order chi connectivity index (χ0) is 12.2. The SMILES string of the molecule is CCc1nnc(CSC[C@@H](O)C(F)(F)F)s1. The van der Waals surface area contributed by atoms with E-state index in [-0.39, 0.29) is 5.75 Å². The number of nitrogens with zero attached hydrogens (tertiary/aromatic N) is 2. The van der Waals surface area contributed by atoms with Gasteiger partial charge in [0, 0.05) is 11.5 Å². The highest BCUT2D eigenvalue weighted by Gasteiger charge is 2.37. The van der Waals surface area contributed by atoms with Gasteiger partial charge in [-0.2, -0.15) is 24.9 Å². The Morgan fingerprint density at radius 1 is 1.38 bits per heavy atom. The zero-order valence-corrected chi connectivity index (χ0v) is 10.1. The van der Waals surface area contributed by atoms with Gasteiger partial charge >= 0.3 is 6.18 Å². The van der Waals surface area contributed by atoms with E-state index in [9.17, 15) is 13.2 Å². The Hall–Kier alpha value is -0.340. The predicted molar refractivity (Wildman–Crippen MR) is 57.5 cm³/mol.